The lowest BCUT2D eigenvalue weighted by molar-refractivity contribution is -0.130. The summed E-state index contributed by atoms with van der Waals surface area (Å²) < 4.78 is 25.2. The van der Waals surface area contributed by atoms with Crippen LogP contribution in [0.15, 0.2) is 77.1 Å². The molecule has 4 rings (SSSR count). The fraction of sp³-hybridized carbons (Fsp3) is 0.136. The van der Waals surface area contributed by atoms with E-state index in [2.05, 4.69) is 0 Å². The summed E-state index contributed by atoms with van der Waals surface area (Å²) in [5.74, 6) is -0.243. The Morgan fingerprint density at radius 3 is 2.50 bits per heavy atom. The molecule has 2 aromatic carbocycles. The number of benzene rings is 2. The first kappa shape index (κ1) is 17.9. The van der Waals surface area contributed by atoms with E-state index in [9.17, 15) is 14.3 Å². The minimum absolute atomic E-state index is 0.106. The zero-order chi connectivity index (χ0) is 19.7. The second-order valence-corrected chi connectivity index (χ2v) is 6.43. The maximum atomic E-state index is 14.7. The van der Waals surface area contributed by atoms with Gasteiger partial charge in [-0.15, -0.1) is 0 Å². The van der Waals surface area contributed by atoms with Crippen LogP contribution in [0.4, 0.5) is 4.39 Å². The fourth-order valence-electron chi connectivity index (χ4n) is 3.47. The lowest BCUT2D eigenvalue weighted by Crippen LogP contribution is -2.30. The number of aliphatic hydroxyl groups is 1. The van der Waals surface area contributed by atoms with Crippen LogP contribution in [0.5, 0.6) is 5.75 Å². The van der Waals surface area contributed by atoms with E-state index < -0.39 is 23.5 Å². The predicted molar refractivity (Wildman–Crippen MR) is 101 cm³/mol. The molecule has 142 valence electrons. The van der Waals surface area contributed by atoms with Crippen molar-refractivity contribution >= 4 is 11.5 Å². The molecule has 0 saturated heterocycles. The monoisotopic (exact) mass is 379 g/mol. The molecule has 1 aliphatic rings. The zero-order valence-corrected chi connectivity index (χ0v) is 15.1. The Balaban J connectivity index is 1.83. The van der Waals surface area contributed by atoms with Gasteiger partial charge >= 0.3 is 0 Å². The van der Waals surface area contributed by atoms with E-state index in [0.717, 1.165) is 0 Å². The van der Waals surface area contributed by atoms with Crippen molar-refractivity contribution in [2.75, 3.05) is 7.11 Å². The van der Waals surface area contributed by atoms with Crippen LogP contribution >= 0.6 is 0 Å². The number of halogens is 1. The van der Waals surface area contributed by atoms with Crippen LogP contribution in [-0.2, 0) is 11.3 Å². The number of hydrogen-bond donors (Lipinski definition) is 1. The number of methoxy groups -OCH3 is 1. The average Bonchev–Trinajstić information content (AvgIpc) is 3.31. The van der Waals surface area contributed by atoms with Crippen LogP contribution in [0.2, 0.25) is 0 Å². The lowest BCUT2D eigenvalue weighted by Gasteiger charge is -2.27. The maximum Gasteiger partial charge on any atom is 0.290 e. The van der Waals surface area contributed by atoms with E-state index in [0.29, 0.717) is 28.2 Å². The Labute approximate surface area is 161 Å². The highest BCUT2D eigenvalue weighted by molar-refractivity contribution is 6.05. The average molecular weight is 379 g/mol. The van der Waals surface area contributed by atoms with Gasteiger partial charge in [0.05, 0.1) is 26.0 Å². The third-order valence-corrected chi connectivity index (χ3v) is 4.81. The summed E-state index contributed by atoms with van der Waals surface area (Å²) in [6, 6.07) is 15.8. The Morgan fingerprint density at radius 2 is 1.86 bits per heavy atom. The third kappa shape index (κ3) is 3.03. The highest BCUT2D eigenvalue weighted by Crippen LogP contribution is 2.44. The number of rotatable bonds is 5. The van der Waals surface area contributed by atoms with Gasteiger partial charge < -0.3 is 19.2 Å². The standard InChI is InChI=1S/C22H18FNO4/c1-27-15-10-8-14(9-11-15)19-20(17-6-2-3-7-18(17)23)24(22(26)21(19)25)13-16-5-4-12-28-16/h2-12,20,25H,13H2,1H3. The summed E-state index contributed by atoms with van der Waals surface area (Å²) in [6.07, 6.45) is 1.51. The highest BCUT2D eigenvalue weighted by Gasteiger charge is 2.42. The molecule has 0 spiro atoms. The molecule has 28 heavy (non-hydrogen) atoms. The molecule has 1 aliphatic heterocycles. The SMILES string of the molecule is COc1ccc(C2=C(O)C(=O)N(Cc3ccco3)C2c2ccccc2F)cc1. The normalized spacial score (nSPS) is 16.7. The number of hydrogen-bond acceptors (Lipinski definition) is 4. The van der Waals surface area contributed by atoms with E-state index in [-0.39, 0.29) is 6.54 Å². The van der Waals surface area contributed by atoms with E-state index >= 15 is 0 Å². The van der Waals surface area contributed by atoms with Gasteiger partial charge in [-0.2, -0.15) is 0 Å². The first-order valence-corrected chi connectivity index (χ1v) is 8.75. The van der Waals surface area contributed by atoms with Crippen molar-refractivity contribution in [2.24, 2.45) is 0 Å². The van der Waals surface area contributed by atoms with E-state index in [1.807, 2.05) is 0 Å². The Hall–Kier alpha value is -3.54. The molecule has 1 atom stereocenters. The van der Waals surface area contributed by atoms with E-state index in [1.54, 1.807) is 61.7 Å². The lowest BCUT2D eigenvalue weighted by atomic mass is 9.93. The van der Waals surface area contributed by atoms with Gasteiger partial charge in [-0.25, -0.2) is 4.39 Å². The molecule has 3 aromatic rings. The van der Waals surface area contributed by atoms with Gasteiger partial charge in [-0.05, 0) is 35.9 Å². The maximum absolute atomic E-state index is 14.7. The first-order chi connectivity index (χ1) is 13.6. The van der Waals surface area contributed by atoms with Crippen LogP contribution in [0.1, 0.15) is 22.9 Å². The molecule has 0 saturated carbocycles. The van der Waals surface area contributed by atoms with Crippen molar-refractivity contribution in [3.05, 3.63) is 95.4 Å². The summed E-state index contributed by atoms with van der Waals surface area (Å²) in [5.41, 5.74) is 1.27. The molecule has 1 unspecified atom stereocenters. The first-order valence-electron chi connectivity index (χ1n) is 8.75. The number of carbonyl (C=O) groups excluding carboxylic acids is 1. The van der Waals surface area contributed by atoms with Crippen molar-refractivity contribution < 1.29 is 23.4 Å². The minimum atomic E-state index is -0.785. The molecule has 1 N–H and O–H groups in total. The molecule has 1 aromatic heterocycles. The molecule has 2 heterocycles. The molecular weight excluding hydrogens is 361 g/mol. The Bertz CT molecular complexity index is 1020. The van der Waals surface area contributed by atoms with Gasteiger partial charge in [0, 0.05) is 11.1 Å². The summed E-state index contributed by atoms with van der Waals surface area (Å²) in [7, 11) is 1.55. The molecule has 0 fully saturated rings. The van der Waals surface area contributed by atoms with Crippen molar-refractivity contribution in [1.82, 2.24) is 4.90 Å². The van der Waals surface area contributed by atoms with Crippen LogP contribution in [0.25, 0.3) is 5.57 Å². The number of aliphatic hydroxyl groups excluding tert-OH is 1. The van der Waals surface area contributed by atoms with Crippen molar-refractivity contribution in [2.45, 2.75) is 12.6 Å². The van der Waals surface area contributed by atoms with Crippen LogP contribution in [0, 0.1) is 5.82 Å². The molecule has 5 nitrogen and oxygen atoms in total. The predicted octanol–water partition coefficient (Wildman–Crippen LogP) is 4.48. The van der Waals surface area contributed by atoms with Crippen LogP contribution in [-0.4, -0.2) is 23.0 Å². The van der Waals surface area contributed by atoms with E-state index in [4.69, 9.17) is 9.15 Å². The smallest absolute Gasteiger partial charge is 0.290 e. The summed E-state index contributed by atoms with van der Waals surface area (Å²) in [5, 5.41) is 10.7. The second-order valence-electron chi connectivity index (χ2n) is 6.43. The summed E-state index contributed by atoms with van der Waals surface area (Å²) in [4.78, 5) is 14.3. The van der Waals surface area contributed by atoms with Crippen molar-refractivity contribution in [1.29, 1.82) is 0 Å². The molecule has 0 aliphatic carbocycles. The third-order valence-electron chi connectivity index (χ3n) is 4.81. The quantitative estimate of drug-likeness (QED) is 0.710. The van der Waals surface area contributed by atoms with Crippen molar-refractivity contribution in [3.63, 3.8) is 0 Å². The van der Waals surface area contributed by atoms with Gasteiger partial charge in [0.15, 0.2) is 5.76 Å². The van der Waals surface area contributed by atoms with E-state index in [1.165, 1.54) is 17.2 Å². The molecular formula is C22H18FNO4. The van der Waals surface area contributed by atoms with Crippen molar-refractivity contribution in [3.8, 4) is 5.75 Å². The zero-order valence-electron chi connectivity index (χ0n) is 15.1. The van der Waals surface area contributed by atoms with Gasteiger partial charge in [-0.3, -0.25) is 4.79 Å². The summed E-state index contributed by atoms with van der Waals surface area (Å²) >= 11 is 0. The molecule has 1 amide bonds. The fourth-order valence-corrected chi connectivity index (χ4v) is 3.47. The number of carbonyl (C=O) groups is 1. The van der Waals surface area contributed by atoms with Gasteiger partial charge in [-0.1, -0.05) is 30.3 Å². The highest BCUT2D eigenvalue weighted by atomic mass is 19.1. The van der Waals surface area contributed by atoms with Gasteiger partial charge in [0.25, 0.3) is 5.91 Å². The number of nitrogens with zero attached hydrogens (tertiary/aromatic N) is 1. The summed E-state index contributed by atoms with van der Waals surface area (Å²) in [6.45, 7) is 0.106. The molecule has 0 radical (unpaired) electrons. The Kier molecular flexibility index (Phi) is 4.61. The molecule has 6 heteroatoms. The minimum Gasteiger partial charge on any atom is -0.503 e. The van der Waals surface area contributed by atoms with Crippen LogP contribution < -0.4 is 4.74 Å². The topological polar surface area (TPSA) is 62.9 Å². The number of ether oxygens (including phenoxy) is 1. The second kappa shape index (κ2) is 7.23. The number of amides is 1. The van der Waals surface area contributed by atoms with Crippen LogP contribution in [0.3, 0.4) is 0 Å². The van der Waals surface area contributed by atoms with Gasteiger partial charge in [0.2, 0.25) is 0 Å². The molecule has 0 bridgehead atoms. The largest absolute Gasteiger partial charge is 0.503 e. The van der Waals surface area contributed by atoms with Gasteiger partial charge in [0.1, 0.15) is 17.3 Å². The Morgan fingerprint density at radius 1 is 1.11 bits per heavy atom. The number of furan rings is 1.